The van der Waals surface area contributed by atoms with Gasteiger partial charge in [0.05, 0.1) is 10.9 Å². The molecule has 0 aliphatic rings. The summed E-state index contributed by atoms with van der Waals surface area (Å²) < 4.78 is 53.8. The standard InChI is InChI=1S/C14H10F4N4O2/c1-19-12(24)6-4-20-8-5(11(6)23)3-7(15)10-9(8)21-13(22(10)2)14(16,17)18/h3-4H,1-2H3,(H,19,24)(H,20,23). The summed E-state index contributed by atoms with van der Waals surface area (Å²) in [5.74, 6) is -3.03. The van der Waals surface area contributed by atoms with Crippen molar-refractivity contribution in [2.75, 3.05) is 7.05 Å². The van der Waals surface area contributed by atoms with Gasteiger partial charge in [0.25, 0.3) is 5.91 Å². The molecule has 3 rings (SSSR count). The zero-order valence-electron chi connectivity index (χ0n) is 12.4. The van der Waals surface area contributed by atoms with Gasteiger partial charge in [0.2, 0.25) is 11.3 Å². The summed E-state index contributed by atoms with van der Waals surface area (Å²) in [6.45, 7) is 0. The van der Waals surface area contributed by atoms with Gasteiger partial charge >= 0.3 is 6.18 Å². The Labute approximate surface area is 131 Å². The average molecular weight is 342 g/mol. The van der Waals surface area contributed by atoms with Crippen molar-refractivity contribution in [2.24, 2.45) is 7.05 Å². The van der Waals surface area contributed by atoms with Gasteiger partial charge < -0.3 is 14.9 Å². The van der Waals surface area contributed by atoms with Crippen LogP contribution in [0.3, 0.4) is 0 Å². The SMILES string of the molecule is CNC(=O)c1c[nH]c2c(cc(F)c3c2nc(C(F)(F)F)n3C)c1=O. The van der Waals surface area contributed by atoms with Crippen molar-refractivity contribution in [3.05, 3.63) is 39.7 Å². The van der Waals surface area contributed by atoms with Crippen LogP contribution in [0.25, 0.3) is 21.9 Å². The van der Waals surface area contributed by atoms with Crippen LogP contribution in [0.4, 0.5) is 17.6 Å². The molecule has 0 spiro atoms. The number of pyridine rings is 1. The molecular weight excluding hydrogens is 332 g/mol. The summed E-state index contributed by atoms with van der Waals surface area (Å²) in [5, 5.41) is 1.99. The molecule has 1 amide bonds. The minimum atomic E-state index is -4.78. The third-order valence-corrected chi connectivity index (χ3v) is 3.67. The molecular formula is C14H10F4N4O2. The third-order valence-electron chi connectivity index (χ3n) is 3.67. The maximum Gasteiger partial charge on any atom is 0.449 e. The van der Waals surface area contributed by atoms with Crippen LogP contribution < -0.4 is 10.7 Å². The Hall–Kier alpha value is -2.91. The van der Waals surface area contributed by atoms with E-state index in [1.165, 1.54) is 7.05 Å². The van der Waals surface area contributed by atoms with Crippen LogP contribution in [-0.2, 0) is 13.2 Å². The molecule has 24 heavy (non-hydrogen) atoms. The molecule has 2 aromatic heterocycles. The summed E-state index contributed by atoms with van der Waals surface area (Å²) in [7, 11) is 2.34. The normalized spacial score (nSPS) is 12.1. The van der Waals surface area contributed by atoms with Crippen molar-refractivity contribution in [1.29, 1.82) is 0 Å². The van der Waals surface area contributed by atoms with Gasteiger partial charge in [0, 0.05) is 20.3 Å². The first-order chi connectivity index (χ1) is 11.2. The molecule has 0 fully saturated rings. The number of rotatable bonds is 1. The lowest BCUT2D eigenvalue weighted by atomic mass is 10.1. The number of imidazole rings is 1. The lowest BCUT2D eigenvalue weighted by Gasteiger charge is -2.06. The van der Waals surface area contributed by atoms with Crippen LogP contribution in [0.1, 0.15) is 16.2 Å². The lowest BCUT2D eigenvalue weighted by molar-refractivity contribution is -0.146. The van der Waals surface area contributed by atoms with E-state index in [4.69, 9.17) is 0 Å². The molecule has 0 saturated heterocycles. The number of nitrogens with zero attached hydrogens (tertiary/aromatic N) is 2. The Bertz CT molecular complexity index is 1050. The zero-order valence-corrected chi connectivity index (χ0v) is 12.4. The molecule has 0 aliphatic heterocycles. The maximum atomic E-state index is 14.3. The van der Waals surface area contributed by atoms with E-state index in [1.54, 1.807) is 0 Å². The van der Waals surface area contributed by atoms with Gasteiger partial charge in [-0.3, -0.25) is 9.59 Å². The topological polar surface area (TPSA) is 79.8 Å². The Kier molecular flexibility index (Phi) is 3.36. The average Bonchev–Trinajstić information content (AvgIpc) is 2.86. The number of halogens is 4. The van der Waals surface area contributed by atoms with Crippen LogP contribution in [0.5, 0.6) is 0 Å². The molecule has 2 heterocycles. The number of hydrogen-bond donors (Lipinski definition) is 2. The maximum absolute atomic E-state index is 14.3. The number of aryl methyl sites for hydroxylation is 1. The molecule has 0 bridgehead atoms. The summed E-state index contributed by atoms with van der Waals surface area (Å²) >= 11 is 0. The van der Waals surface area contributed by atoms with Gasteiger partial charge in [-0.25, -0.2) is 9.37 Å². The van der Waals surface area contributed by atoms with E-state index in [2.05, 4.69) is 15.3 Å². The largest absolute Gasteiger partial charge is 0.449 e. The second-order valence-electron chi connectivity index (χ2n) is 5.08. The molecule has 0 aliphatic carbocycles. The van der Waals surface area contributed by atoms with E-state index in [0.717, 1.165) is 19.3 Å². The highest BCUT2D eigenvalue weighted by Crippen LogP contribution is 2.33. The second-order valence-corrected chi connectivity index (χ2v) is 5.08. The van der Waals surface area contributed by atoms with Gasteiger partial charge in [-0.2, -0.15) is 13.2 Å². The van der Waals surface area contributed by atoms with Crippen molar-refractivity contribution in [3.8, 4) is 0 Å². The van der Waals surface area contributed by atoms with Crippen molar-refractivity contribution < 1.29 is 22.4 Å². The molecule has 1 aromatic carbocycles. The number of nitrogens with one attached hydrogen (secondary N) is 2. The van der Waals surface area contributed by atoms with Gasteiger partial charge in [0.15, 0.2) is 0 Å². The molecule has 3 aromatic rings. The number of H-pyrrole nitrogens is 1. The smallest absolute Gasteiger partial charge is 0.358 e. The van der Waals surface area contributed by atoms with Crippen molar-refractivity contribution in [2.45, 2.75) is 6.18 Å². The number of carbonyl (C=O) groups excluding carboxylic acids is 1. The van der Waals surface area contributed by atoms with Crippen molar-refractivity contribution in [1.82, 2.24) is 19.9 Å². The fraction of sp³-hybridized carbons (Fsp3) is 0.214. The Balaban J connectivity index is 2.47. The van der Waals surface area contributed by atoms with Gasteiger partial charge in [-0.15, -0.1) is 0 Å². The van der Waals surface area contributed by atoms with Crippen molar-refractivity contribution in [3.63, 3.8) is 0 Å². The number of carbonyl (C=O) groups is 1. The molecule has 0 atom stereocenters. The number of benzene rings is 1. The molecule has 0 saturated carbocycles. The molecule has 2 N–H and O–H groups in total. The number of aromatic amines is 1. The molecule has 10 heteroatoms. The van der Waals surface area contributed by atoms with E-state index >= 15 is 0 Å². The second kappa shape index (κ2) is 5.05. The minimum absolute atomic E-state index is 0.0739. The first kappa shape index (κ1) is 16.0. The van der Waals surface area contributed by atoms with Crippen LogP contribution in [0.15, 0.2) is 17.1 Å². The number of alkyl halides is 3. The summed E-state index contributed by atoms with van der Waals surface area (Å²) in [5.41, 5.74) is -1.88. The highest BCUT2D eigenvalue weighted by Gasteiger charge is 2.37. The number of amides is 1. The molecule has 0 unspecified atom stereocenters. The number of fused-ring (bicyclic) bond motifs is 3. The summed E-state index contributed by atoms with van der Waals surface area (Å²) in [6, 6.07) is 0.796. The van der Waals surface area contributed by atoms with E-state index < -0.39 is 34.7 Å². The highest BCUT2D eigenvalue weighted by atomic mass is 19.4. The minimum Gasteiger partial charge on any atom is -0.358 e. The van der Waals surface area contributed by atoms with Gasteiger partial charge in [-0.05, 0) is 6.07 Å². The molecule has 6 nitrogen and oxygen atoms in total. The Morgan fingerprint density at radius 2 is 2.04 bits per heavy atom. The van der Waals surface area contributed by atoms with Crippen LogP contribution in [0.2, 0.25) is 0 Å². The number of aromatic nitrogens is 3. The first-order valence-corrected chi connectivity index (χ1v) is 6.66. The summed E-state index contributed by atoms with van der Waals surface area (Å²) in [6.07, 6.45) is -3.72. The fourth-order valence-electron chi connectivity index (χ4n) is 2.58. The lowest BCUT2D eigenvalue weighted by Crippen LogP contribution is -2.25. The zero-order chi connectivity index (χ0) is 17.8. The predicted octanol–water partition coefficient (Wildman–Crippen LogP) is 1.93. The Morgan fingerprint density at radius 3 is 2.62 bits per heavy atom. The van der Waals surface area contributed by atoms with Gasteiger partial charge in [-0.1, -0.05) is 0 Å². The predicted molar refractivity (Wildman–Crippen MR) is 77.2 cm³/mol. The fourth-order valence-corrected chi connectivity index (χ4v) is 2.58. The quantitative estimate of drug-likeness (QED) is 0.663. The van der Waals surface area contributed by atoms with E-state index in [9.17, 15) is 27.2 Å². The molecule has 0 radical (unpaired) electrons. The first-order valence-electron chi connectivity index (χ1n) is 6.66. The number of hydrogen-bond acceptors (Lipinski definition) is 3. The van der Waals surface area contributed by atoms with E-state index in [1.807, 2.05) is 0 Å². The highest BCUT2D eigenvalue weighted by molar-refractivity contribution is 6.05. The van der Waals surface area contributed by atoms with Crippen LogP contribution in [0, 0.1) is 5.82 Å². The van der Waals surface area contributed by atoms with Crippen LogP contribution in [-0.4, -0.2) is 27.5 Å². The monoisotopic (exact) mass is 342 g/mol. The van der Waals surface area contributed by atoms with Crippen molar-refractivity contribution >= 4 is 27.8 Å². The Morgan fingerprint density at radius 1 is 1.38 bits per heavy atom. The van der Waals surface area contributed by atoms with E-state index in [0.29, 0.717) is 4.57 Å². The summed E-state index contributed by atoms with van der Waals surface area (Å²) in [4.78, 5) is 29.9. The van der Waals surface area contributed by atoms with E-state index in [-0.39, 0.29) is 22.0 Å². The molecule has 126 valence electrons. The third kappa shape index (κ3) is 2.14. The van der Waals surface area contributed by atoms with Gasteiger partial charge in [0.1, 0.15) is 22.4 Å². The van der Waals surface area contributed by atoms with Crippen LogP contribution >= 0.6 is 0 Å².